The molecule has 0 nitrogen and oxygen atoms in total. The summed E-state index contributed by atoms with van der Waals surface area (Å²) >= 11 is 12.7. The van der Waals surface area contributed by atoms with E-state index in [1.165, 1.54) is 64.2 Å². The maximum Gasteiger partial charge on any atom is 0.0499 e. The van der Waals surface area contributed by atoms with Crippen molar-refractivity contribution in [1.29, 1.82) is 0 Å². The Bertz CT molecular complexity index is 171. The number of halogens is 2. The second-order valence-corrected chi connectivity index (χ2v) is 6.77. The van der Waals surface area contributed by atoms with Crippen LogP contribution in [-0.2, 0) is 0 Å². The molecule has 0 N–H and O–H groups in total. The smallest absolute Gasteiger partial charge is 0.0499 e. The molecule has 0 rings (SSSR count). The quantitative estimate of drug-likeness (QED) is 0.236. The zero-order valence-corrected chi connectivity index (χ0v) is 14.3. The lowest BCUT2D eigenvalue weighted by Gasteiger charge is -2.15. The highest BCUT2D eigenvalue weighted by Crippen LogP contribution is 2.22. The second kappa shape index (κ2) is 15.0. The summed E-state index contributed by atoms with van der Waals surface area (Å²) in [6, 6.07) is 0. The summed E-state index contributed by atoms with van der Waals surface area (Å²) in [5.41, 5.74) is 0. The van der Waals surface area contributed by atoms with Crippen molar-refractivity contribution in [3.63, 3.8) is 0 Å². The van der Waals surface area contributed by atoms with Crippen LogP contribution in [-0.4, -0.2) is 10.8 Å². The Morgan fingerprint density at radius 3 is 1.58 bits per heavy atom. The Labute approximate surface area is 131 Å². The normalized spacial score (nSPS) is 14.5. The highest BCUT2D eigenvalue weighted by Gasteiger charge is 2.15. The van der Waals surface area contributed by atoms with Gasteiger partial charge in [0.1, 0.15) is 0 Å². The van der Waals surface area contributed by atoms with Crippen molar-refractivity contribution in [2.75, 3.05) is 0 Å². The zero-order valence-electron chi connectivity index (χ0n) is 12.8. The van der Waals surface area contributed by atoms with E-state index in [-0.39, 0.29) is 10.8 Å². The van der Waals surface area contributed by atoms with E-state index in [1.807, 2.05) is 0 Å². The highest BCUT2D eigenvalue weighted by molar-refractivity contribution is 6.29. The van der Waals surface area contributed by atoms with E-state index >= 15 is 0 Å². The Morgan fingerprint density at radius 1 is 0.684 bits per heavy atom. The van der Waals surface area contributed by atoms with Crippen LogP contribution < -0.4 is 0 Å². The molecule has 115 valence electrons. The predicted molar refractivity (Wildman–Crippen MR) is 90.3 cm³/mol. The summed E-state index contributed by atoms with van der Waals surface area (Å²) in [5.74, 6) is 0. The largest absolute Gasteiger partial charge is 0.121 e. The molecule has 0 aliphatic rings. The molecule has 0 aliphatic carbocycles. The molecule has 2 heteroatoms. The van der Waals surface area contributed by atoms with Crippen molar-refractivity contribution in [2.24, 2.45) is 0 Å². The van der Waals surface area contributed by atoms with E-state index in [0.29, 0.717) is 0 Å². The molecule has 2 atom stereocenters. The molecular formula is C17H33Cl2. The molecule has 0 aromatic heterocycles. The fourth-order valence-electron chi connectivity index (χ4n) is 2.35. The standard InChI is InChI=1S/C17H33Cl2/c1-3-5-7-9-11-13-15-17(19)16(18)14-12-10-8-6-4-2/h16-17H,2-15H2,1H3. The first-order valence-electron chi connectivity index (χ1n) is 8.29. The first kappa shape index (κ1) is 19.6. The Kier molecular flexibility index (Phi) is 15.4. The maximum atomic E-state index is 6.37. The third kappa shape index (κ3) is 13.3. The van der Waals surface area contributed by atoms with Crippen LogP contribution in [0.4, 0.5) is 0 Å². The summed E-state index contributed by atoms with van der Waals surface area (Å²) < 4.78 is 0. The van der Waals surface area contributed by atoms with Gasteiger partial charge in [-0.05, 0) is 12.8 Å². The SMILES string of the molecule is [CH2]CCCCCCC(Cl)C(Cl)CCCCCCCC. The Morgan fingerprint density at radius 2 is 1.11 bits per heavy atom. The molecule has 0 aromatic rings. The average molecular weight is 308 g/mol. The van der Waals surface area contributed by atoms with Gasteiger partial charge in [-0.1, -0.05) is 84.5 Å². The molecular weight excluding hydrogens is 275 g/mol. The number of hydrogen-bond acceptors (Lipinski definition) is 0. The molecule has 1 radical (unpaired) electrons. The molecule has 0 aliphatic heterocycles. The zero-order chi connectivity index (χ0) is 14.3. The average Bonchev–Trinajstić information content (AvgIpc) is 2.42. The molecule has 0 fully saturated rings. The van der Waals surface area contributed by atoms with Gasteiger partial charge in [-0.25, -0.2) is 0 Å². The van der Waals surface area contributed by atoms with E-state index in [2.05, 4.69) is 13.8 Å². The molecule has 0 heterocycles. The first-order chi connectivity index (χ1) is 9.22. The molecule has 0 aromatic carbocycles. The van der Waals surface area contributed by atoms with E-state index in [1.54, 1.807) is 0 Å². The second-order valence-electron chi connectivity index (χ2n) is 5.64. The minimum atomic E-state index is 0.164. The van der Waals surface area contributed by atoms with Gasteiger partial charge in [0.05, 0.1) is 0 Å². The third-order valence-electron chi connectivity index (χ3n) is 3.71. The molecule has 0 amide bonds. The first-order valence-corrected chi connectivity index (χ1v) is 9.17. The Balaban J connectivity index is 3.35. The van der Waals surface area contributed by atoms with Crippen molar-refractivity contribution in [3.8, 4) is 0 Å². The lowest BCUT2D eigenvalue weighted by molar-refractivity contribution is 0.544. The fourth-order valence-corrected chi connectivity index (χ4v) is 2.91. The monoisotopic (exact) mass is 307 g/mol. The topological polar surface area (TPSA) is 0 Å². The highest BCUT2D eigenvalue weighted by atomic mass is 35.5. The lowest BCUT2D eigenvalue weighted by atomic mass is 10.0. The van der Waals surface area contributed by atoms with Crippen molar-refractivity contribution in [1.82, 2.24) is 0 Å². The van der Waals surface area contributed by atoms with Crippen LogP contribution in [0.25, 0.3) is 0 Å². The van der Waals surface area contributed by atoms with Crippen molar-refractivity contribution >= 4 is 23.2 Å². The van der Waals surface area contributed by atoms with Gasteiger partial charge in [0.2, 0.25) is 0 Å². The van der Waals surface area contributed by atoms with Crippen molar-refractivity contribution in [2.45, 2.75) is 101 Å². The molecule has 19 heavy (non-hydrogen) atoms. The van der Waals surface area contributed by atoms with Gasteiger partial charge in [0.15, 0.2) is 0 Å². The van der Waals surface area contributed by atoms with Crippen LogP contribution >= 0.6 is 23.2 Å². The van der Waals surface area contributed by atoms with Crippen LogP contribution in [0.1, 0.15) is 90.4 Å². The number of alkyl halides is 2. The van der Waals surface area contributed by atoms with Crippen molar-refractivity contribution in [3.05, 3.63) is 6.92 Å². The van der Waals surface area contributed by atoms with Crippen molar-refractivity contribution < 1.29 is 0 Å². The van der Waals surface area contributed by atoms with Gasteiger partial charge < -0.3 is 0 Å². The van der Waals surface area contributed by atoms with Gasteiger partial charge in [-0.15, -0.1) is 23.2 Å². The van der Waals surface area contributed by atoms with Crippen LogP contribution in [0.15, 0.2) is 0 Å². The molecule has 0 bridgehead atoms. The molecule has 2 unspecified atom stereocenters. The van der Waals surface area contributed by atoms with Crippen LogP contribution in [0.2, 0.25) is 0 Å². The van der Waals surface area contributed by atoms with E-state index in [9.17, 15) is 0 Å². The van der Waals surface area contributed by atoms with Gasteiger partial charge in [0, 0.05) is 10.8 Å². The summed E-state index contributed by atoms with van der Waals surface area (Å²) in [6.07, 6.45) is 16.2. The van der Waals surface area contributed by atoms with Gasteiger partial charge in [-0.3, -0.25) is 0 Å². The molecule has 0 saturated heterocycles. The predicted octanol–water partition coefficient (Wildman–Crippen LogP) is 7.13. The number of rotatable bonds is 14. The summed E-state index contributed by atoms with van der Waals surface area (Å²) in [6.45, 7) is 6.11. The Hall–Kier alpha value is 0.580. The number of unbranched alkanes of at least 4 members (excludes halogenated alkanes) is 9. The number of hydrogen-bond donors (Lipinski definition) is 0. The third-order valence-corrected chi connectivity index (χ3v) is 4.88. The summed E-state index contributed by atoms with van der Waals surface area (Å²) in [4.78, 5) is 0. The van der Waals surface area contributed by atoms with Crippen LogP contribution in [0.3, 0.4) is 0 Å². The lowest BCUT2D eigenvalue weighted by Crippen LogP contribution is -2.14. The van der Waals surface area contributed by atoms with Crippen LogP contribution in [0, 0.1) is 6.92 Å². The molecule has 0 saturated carbocycles. The van der Waals surface area contributed by atoms with E-state index in [0.717, 1.165) is 19.3 Å². The molecule has 0 spiro atoms. The fraction of sp³-hybridized carbons (Fsp3) is 0.941. The maximum absolute atomic E-state index is 6.37. The van der Waals surface area contributed by atoms with Gasteiger partial charge in [-0.2, -0.15) is 0 Å². The van der Waals surface area contributed by atoms with E-state index in [4.69, 9.17) is 23.2 Å². The van der Waals surface area contributed by atoms with Crippen LogP contribution in [0.5, 0.6) is 0 Å². The van der Waals surface area contributed by atoms with Gasteiger partial charge >= 0.3 is 0 Å². The van der Waals surface area contributed by atoms with Gasteiger partial charge in [0.25, 0.3) is 0 Å². The van der Waals surface area contributed by atoms with E-state index < -0.39 is 0 Å². The minimum absolute atomic E-state index is 0.164. The minimum Gasteiger partial charge on any atom is -0.121 e. The summed E-state index contributed by atoms with van der Waals surface area (Å²) in [7, 11) is 0. The summed E-state index contributed by atoms with van der Waals surface area (Å²) in [5, 5.41) is 0.331.